The van der Waals surface area contributed by atoms with E-state index < -0.39 is 0 Å². The van der Waals surface area contributed by atoms with Crippen molar-refractivity contribution < 1.29 is 4.79 Å². The summed E-state index contributed by atoms with van der Waals surface area (Å²) in [7, 11) is 0. The van der Waals surface area contributed by atoms with Crippen LogP contribution < -0.4 is 4.90 Å². The van der Waals surface area contributed by atoms with E-state index in [4.69, 9.17) is 11.6 Å². The Kier molecular flexibility index (Phi) is 6.53. The quantitative estimate of drug-likeness (QED) is 0.709. The zero-order chi connectivity index (χ0) is 20.1. The van der Waals surface area contributed by atoms with Gasteiger partial charge in [0.1, 0.15) is 0 Å². The van der Waals surface area contributed by atoms with E-state index in [1.165, 1.54) is 12.1 Å². The van der Waals surface area contributed by atoms with Gasteiger partial charge in [0.15, 0.2) is 0 Å². The number of para-hydroxylation sites is 1. The molecule has 1 amide bonds. The molecule has 0 spiro atoms. The lowest BCUT2D eigenvalue weighted by Crippen LogP contribution is -2.55. The molecule has 0 saturated carbocycles. The number of hydrogen-bond donors (Lipinski definition) is 0. The minimum atomic E-state index is 0.0950. The van der Waals surface area contributed by atoms with Gasteiger partial charge < -0.3 is 9.80 Å². The Hall–Kier alpha value is -2.30. The van der Waals surface area contributed by atoms with Crippen LogP contribution in [0.25, 0.3) is 6.08 Å². The number of hydrogen-bond acceptors (Lipinski definition) is 3. The third-order valence-corrected chi connectivity index (χ3v) is 6.16. The molecule has 2 aromatic rings. The molecule has 4 rings (SSSR count). The number of rotatable bonds is 4. The third-order valence-electron chi connectivity index (χ3n) is 5.93. The van der Waals surface area contributed by atoms with Gasteiger partial charge in [-0.2, -0.15) is 0 Å². The number of carbonyl (C=O) groups excluding carboxylic acids is 1. The molecule has 2 aliphatic heterocycles. The number of piperidine rings is 1. The Bertz CT molecular complexity index is 846. The molecule has 2 aromatic carbocycles. The molecular weight excluding hydrogens is 382 g/mol. The average Bonchev–Trinajstić information content (AvgIpc) is 2.78. The highest BCUT2D eigenvalue weighted by Crippen LogP contribution is 2.21. The van der Waals surface area contributed by atoms with Crippen molar-refractivity contribution >= 4 is 29.3 Å². The summed E-state index contributed by atoms with van der Waals surface area (Å²) in [5, 5.41) is 0.687. The third kappa shape index (κ3) is 5.20. The van der Waals surface area contributed by atoms with Gasteiger partial charge in [0.2, 0.25) is 5.91 Å². The van der Waals surface area contributed by atoms with E-state index in [2.05, 4.69) is 40.1 Å². The first-order valence-corrected chi connectivity index (χ1v) is 10.8. The zero-order valence-electron chi connectivity index (χ0n) is 16.7. The average molecular weight is 410 g/mol. The molecule has 2 saturated heterocycles. The van der Waals surface area contributed by atoms with Gasteiger partial charge >= 0.3 is 0 Å². The van der Waals surface area contributed by atoms with Crippen molar-refractivity contribution in [3.63, 3.8) is 0 Å². The van der Waals surface area contributed by atoms with Crippen LogP contribution in [0.15, 0.2) is 60.7 Å². The van der Waals surface area contributed by atoms with Crippen LogP contribution in [0.5, 0.6) is 0 Å². The summed E-state index contributed by atoms with van der Waals surface area (Å²) in [6.07, 6.45) is 5.78. The molecule has 1 atom stereocenters. The van der Waals surface area contributed by atoms with Crippen LogP contribution in [0.2, 0.25) is 5.02 Å². The van der Waals surface area contributed by atoms with Crippen molar-refractivity contribution in [2.24, 2.45) is 0 Å². The lowest BCUT2D eigenvalue weighted by Gasteiger charge is -2.43. The maximum Gasteiger partial charge on any atom is 0.246 e. The Balaban J connectivity index is 1.31. The minimum Gasteiger partial charge on any atom is -0.369 e. The smallest absolute Gasteiger partial charge is 0.246 e. The van der Waals surface area contributed by atoms with Crippen LogP contribution >= 0.6 is 11.6 Å². The lowest BCUT2D eigenvalue weighted by atomic mass is 10.0. The molecule has 152 valence electrons. The largest absolute Gasteiger partial charge is 0.369 e. The van der Waals surface area contributed by atoms with Crippen LogP contribution in [-0.2, 0) is 4.79 Å². The fraction of sp³-hybridized carbons (Fsp3) is 0.375. The second-order valence-corrected chi connectivity index (χ2v) is 8.26. The standard InChI is InChI=1S/C24H28ClN3O/c25-21-7-4-6-20(18-21)11-12-24(29)28-13-5-10-23(19-28)27-16-14-26(15-17-27)22-8-2-1-3-9-22/h1-4,6-9,11-12,18,23H,5,10,13-17,19H2/b12-11+. The van der Waals surface area contributed by atoms with E-state index in [-0.39, 0.29) is 5.91 Å². The molecule has 0 aliphatic carbocycles. The topological polar surface area (TPSA) is 26.8 Å². The molecule has 0 N–H and O–H groups in total. The van der Waals surface area contributed by atoms with Gasteiger partial charge in [-0.15, -0.1) is 0 Å². The summed E-state index contributed by atoms with van der Waals surface area (Å²) in [4.78, 5) is 19.7. The lowest BCUT2D eigenvalue weighted by molar-refractivity contribution is -0.128. The van der Waals surface area contributed by atoms with Crippen LogP contribution in [0.1, 0.15) is 18.4 Å². The maximum absolute atomic E-state index is 12.7. The molecule has 29 heavy (non-hydrogen) atoms. The molecule has 5 heteroatoms. The Morgan fingerprint density at radius 1 is 0.966 bits per heavy atom. The van der Waals surface area contributed by atoms with Crippen LogP contribution in [-0.4, -0.2) is 61.0 Å². The summed E-state index contributed by atoms with van der Waals surface area (Å²) in [5.41, 5.74) is 2.26. The normalized spacial score (nSPS) is 20.9. The van der Waals surface area contributed by atoms with E-state index in [1.54, 1.807) is 6.08 Å². The highest BCUT2D eigenvalue weighted by atomic mass is 35.5. The highest BCUT2D eigenvalue weighted by molar-refractivity contribution is 6.30. The molecule has 2 aliphatic rings. The van der Waals surface area contributed by atoms with Crippen molar-refractivity contribution in [1.82, 2.24) is 9.80 Å². The Morgan fingerprint density at radius 3 is 2.52 bits per heavy atom. The predicted molar refractivity (Wildman–Crippen MR) is 120 cm³/mol. The number of likely N-dealkylation sites (tertiary alicyclic amines) is 1. The first kappa shape index (κ1) is 20.0. The van der Waals surface area contributed by atoms with Gasteiger partial charge in [-0.25, -0.2) is 0 Å². The summed E-state index contributed by atoms with van der Waals surface area (Å²) in [6.45, 7) is 5.87. The number of halogens is 1. The molecule has 2 fully saturated rings. The predicted octanol–water partition coefficient (Wildman–Crippen LogP) is 4.17. The molecule has 2 heterocycles. The molecule has 0 radical (unpaired) electrons. The fourth-order valence-corrected chi connectivity index (χ4v) is 4.52. The van der Waals surface area contributed by atoms with Crippen molar-refractivity contribution in [2.45, 2.75) is 18.9 Å². The van der Waals surface area contributed by atoms with Gasteiger partial charge in [-0.05, 0) is 48.7 Å². The maximum atomic E-state index is 12.7. The number of amides is 1. The van der Waals surface area contributed by atoms with E-state index in [0.29, 0.717) is 11.1 Å². The van der Waals surface area contributed by atoms with Gasteiger partial charge in [0.25, 0.3) is 0 Å². The van der Waals surface area contributed by atoms with Gasteiger partial charge in [-0.3, -0.25) is 9.69 Å². The van der Waals surface area contributed by atoms with Crippen molar-refractivity contribution in [3.8, 4) is 0 Å². The van der Waals surface area contributed by atoms with Gasteiger partial charge in [-0.1, -0.05) is 41.9 Å². The second-order valence-electron chi connectivity index (χ2n) is 7.83. The molecular formula is C24H28ClN3O. The summed E-state index contributed by atoms with van der Waals surface area (Å²) < 4.78 is 0. The Morgan fingerprint density at radius 2 is 1.76 bits per heavy atom. The van der Waals surface area contributed by atoms with Crippen LogP contribution in [0, 0.1) is 0 Å². The number of piperazine rings is 1. The number of benzene rings is 2. The summed E-state index contributed by atoms with van der Waals surface area (Å²) in [6, 6.07) is 18.7. The second kappa shape index (κ2) is 9.47. The SMILES string of the molecule is O=C(/C=C/c1cccc(Cl)c1)N1CCCC(N2CCN(c3ccccc3)CC2)C1. The van der Waals surface area contributed by atoms with E-state index in [0.717, 1.165) is 51.3 Å². The monoisotopic (exact) mass is 409 g/mol. The summed E-state index contributed by atoms with van der Waals surface area (Å²) in [5.74, 6) is 0.0950. The molecule has 4 nitrogen and oxygen atoms in total. The first-order chi connectivity index (χ1) is 14.2. The molecule has 0 bridgehead atoms. The van der Waals surface area contributed by atoms with Crippen molar-refractivity contribution in [1.29, 1.82) is 0 Å². The number of carbonyl (C=O) groups is 1. The van der Waals surface area contributed by atoms with E-state index in [9.17, 15) is 4.79 Å². The Labute approximate surface area is 178 Å². The summed E-state index contributed by atoms with van der Waals surface area (Å²) >= 11 is 6.03. The van der Waals surface area contributed by atoms with E-state index in [1.807, 2.05) is 35.2 Å². The van der Waals surface area contributed by atoms with Crippen LogP contribution in [0.3, 0.4) is 0 Å². The molecule has 0 aromatic heterocycles. The number of nitrogens with zero attached hydrogens (tertiary/aromatic N) is 3. The fourth-order valence-electron chi connectivity index (χ4n) is 4.32. The van der Waals surface area contributed by atoms with Crippen molar-refractivity contribution in [3.05, 3.63) is 71.3 Å². The minimum absolute atomic E-state index is 0.0950. The first-order valence-electron chi connectivity index (χ1n) is 10.5. The van der Waals surface area contributed by atoms with E-state index >= 15 is 0 Å². The van der Waals surface area contributed by atoms with Gasteiger partial charge in [0, 0.05) is 62.1 Å². The zero-order valence-corrected chi connectivity index (χ0v) is 17.5. The van der Waals surface area contributed by atoms with Crippen molar-refractivity contribution in [2.75, 3.05) is 44.2 Å². The van der Waals surface area contributed by atoms with Gasteiger partial charge in [0.05, 0.1) is 0 Å². The number of anilines is 1. The van der Waals surface area contributed by atoms with Crippen LogP contribution in [0.4, 0.5) is 5.69 Å². The molecule has 1 unspecified atom stereocenters. The highest BCUT2D eigenvalue weighted by Gasteiger charge is 2.29.